The van der Waals surface area contributed by atoms with Gasteiger partial charge in [0, 0.05) is 12.1 Å². The molecule has 2 atom stereocenters. The number of hydrogen-bond donors (Lipinski definition) is 1. The lowest BCUT2D eigenvalue weighted by atomic mass is 10.1. The standard InChI is InChI=1S/C17H16ClFN2O4/c1-10(12-3-5-13(19)6-4-12)20-17(22)11(2)25-16-8-7-14(21(23)24)9-15(16)18/h3-11H,1-2H3,(H,20,22)/t10-,11-/m0/s1. The number of nitro benzene ring substituents is 1. The summed E-state index contributed by atoms with van der Waals surface area (Å²) in [4.78, 5) is 22.3. The van der Waals surface area contributed by atoms with Crippen LogP contribution in [0.15, 0.2) is 42.5 Å². The van der Waals surface area contributed by atoms with E-state index in [1.54, 1.807) is 19.1 Å². The van der Waals surface area contributed by atoms with Crippen LogP contribution in [0.3, 0.4) is 0 Å². The maximum Gasteiger partial charge on any atom is 0.271 e. The number of nitro groups is 1. The van der Waals surface area contributed by atoms with Crippen molar-refractivity contribution >= 4 is 23.2 Å². The van der Waals surface area contributed by atoms with Crippen molar-refractivity contribution in [3.63, 3.8) is 0 Å². The summed E-state index contributed by atoms with van der Waals surface area (Å²) in [7, 11) is 0. The van der Waals surface area contributed by atoms with Crippen LogP contribution in [0.5, 0.6) is 5.75 Å². The number of carbonyl (C=O) groups is 1. The molecule has 0 unspecified atom stereocenters. The lowest BCUT2D eigenvalue weighted by Gasteiger charge is -2.19. The molecule has 0 heterocycles. The van der Waals surface area contributed by atoms with Crippen LogP contribution in [0.25, 0.3) is 0 Å². The van der Waals surface area contributed by atoms with Gasteiger partial charge in [0.15, 0.2) is 6.10 Å². The Hall–Kier alpha value is -2.67. The van der Waals surface area contributed by atoms with Crippen LogP contribution >= 0.6 is 11.6 Å². The molecule has 0 saturated heterocycles. The highest BCUT2D eigenvalue weighted by molar-refractivity contribution is 6.32. The van der Waals surface area contributed by atoms with Crippen molar-refractivity contribution < 1.29 is 18.8 Å². The summed E-state index contributed by atoms with van der Waals surface area (Å²) in [6.45, 7) is 3.29. The number of carbonyl (C=O) groups excluding carboxylic acids is 1. The van der Waals surface area contributed by atoms with Crippen LogP contribution in [0.2, 0.25) is 5.02 Å². The number of nitrogens with one attached hydrogen (secondary N) is 1. The lowest BCUT2D eigenvalue weighted by Crippen LogP contribution is -2.37. The van der Waals surface area contributed by atoms with Gasteiger partial charge in [-0.15, -0.1) is 0 Å². The zero-order chi connectivity index (χ0) is 18.6. The number of hydrogen-bond acceptors (Lipinski definition) is 4. The smallest absolute Gasteiger partial charge is 0.271 e. The third-order valence-electron chi connectivity index (χ3n) is 3.53. The van der Waals surface area contributed by atoms with Crippen molar-refractivity contribution in [2.24, 2.45) is 0 Å². The quantitative estimate of drug-likeness (QED) is 0.618. The number of halogens is 2. The van der Waals surface area contributed by atoms with E-state index in [-0.39, 0.29) is 28.3 Å². The molecule has 0 bridgehead atoms. The molecule has 1 N–H and O–H groups in total. The molecule has 0 radical (unpaired) electrons. The monoisotopic (exact) mass is 366 g/mol. The zero-order valence-corrected chi connectivity index (χ0v) is 14.3. The summed E-state index contributed by atoms with van der Waals surface area (Å²) in [5.41, 5.74) is 0.578. The molecule has 2 rings (SSSR count). The van der Waals surface area contributed by atoms with E-state index in [9.17, 15) is 19.3 Å². The molecule has 0 aliphatic carbocycles. The van der Waals surface area contributed by atoms with Crippen molar-refractivity contribution in [1.82, 2.24) is 5.32 Å². The fraction of sp³-hybridized carbons (Fsp3) is 0.235. The summed E-state index contributed by atoms with van der Waals surface area (Å²) in [5, 5.41) is 13.5. The number of benzene rings is 2. The van der Waals surface area contributed by atoms with Gasteiger partial charge < -0.3 is 10.1 Å². The minimum absolute atomic E-state index is 0.0421. The molecule has 0 saturated carbocycles. The van der Waals surface area contributed by atoms with E-state index in [0.717, 1.165) is 11.6 Å². The number of rotatable bonds is 6. The minimum atomic E-state index is -0.873. The molecule has 132 valence electrons. The summed E-state index contributed by atoms with van der Waals surface area (Å²) in [5.74, 6) is -0.581. The van der Waals surface area contributed by atoms with E-state index in [1.807, 2.05) is 0 Å². The zero-order valence-electron chi connectivity index (χ0n) is 13.5. The van der Waals surface area contributed by atoms with Gasteiger partial charge in [-0.2, -0.15) is 0 Å². The predicted molar refractivity (Wildman–Crippen MR) is 91.2 cm³/mol. The molecule has 6 nitrogen and oxygen atoms in total. The van der Waals surface area contributed by atoms with E-state index < -0.39 is 16.9 Å². The fourth-order valence-electron chi connectivity index (χ4n) is 2.11. The summed E-state index contributed by atoms with van der Waals surface area (Å²) < 4.78 is 18.4. The van der Waals surface area contributed by atoms with Crippen molar-refractivity contribution in [2.45, 2.75) is 26.0 Å². The first kappa shape index (κ1) is 18.7. The molecule has 0 spiro atoms. The van der Waals surface area contributed by atoms with Crippen LogP contribution in [-0.4, -0.2) is 16.9 Å². The number of ether oxygens (including phenoxy) is 1. The van der Waals surface area contributed by atoms with Crippen LogP contribution in [-0.2, 0) is 4.79 Å². The number of nitrogens with zero attached hydrogens (tertiary/aromatic N) is 1. The molecule has 25 heavy (non-hydrogen) atoms. The SMILES string of the molecule is C[C@H](Oc1ccc([N+](=O)[O-])cc1Cl)C(=O)N[C@@H](C)c1ccc(F)cc1. The first-order chi connectivity index (χ1) is 11.8. The van der Waals surface area contributed by atoms with E-state index in [2.05, 4.69) is 5.32 Å². The van der Waals surface area contributed by atoms with Gasteiger partial charge in [0.2, 0.25) is 0 Å². The Morgan fingerprint density at radius 3 is 2.44 bits per heavy atom. The Kier molecular flexibility index (Phi) is 5.93. The maximum atomic E-state index is 12.9. The van der Waals surface area contributed by atoms with Gasteiger partial charge in [0.25, 0.3) is 11.6 Å². The highest BCUT2D eigenvalue weighted by Gasteiger charge is 2.20. The van der Waals surface area contributed by atoms with Gasteiger partial charge >= 0.3 is 0 Å². The Labute approximate surface area is 148 Å². The normalized spacial score (nSPS) is 13.0. The van der Waals surface area contributed by atoms with Crippen LogP contribution in [0.1, 0.15) is 25.5 Å². The fourth-order valence-corrected chi connectivity index (χ4v) is 2.33. The summed E-state index contributed by atoms with van der Waals surface area (Å²) in [6.07, 6.45) is -0.873. The number of non-ortho nitro benzene ring substituents is 1. The van der Waals surface area contributed by atoms with Gasteiger partial charge in [-0.05, 0) is 37.6 Å². The molecule has 2 aromatic carbocycles. The van der Waals surface area contributed by atoms with Crippen molar-refractivity contribution in [3.8, 4) is 5.75 Å². The van der Waals surface area contributed by atoms with Crippen LogP contribution in [0, 0.1) is 15.9 Å². The molecular formula is C17H16ClFN2O4. The van der Waals surface area contributed by atoms with Crippen molar-refractivity contribution in [3.05, 3.63) is 69.0 Å². The summed E-state index contributed by atoms with van der Waals surface area (Å²) >= 11 is 5.94. The second-order valence-electron chi connectivity index (χ2n) is 5.41. The van der Waals surface area contributed by atoms with Crippen LogP contribution < -0.4 is 10.1 Å². The molecular weight excluding hydrogens is 351 g/mol. The van der Waals surface area contributed by atoms with Gasteiger partial charge in [0.05, 0.1) is 16.0 Å². The third-order valence-corrected chi connectivity index (χ3v) is 3.82. The van der Waals surface area contributed by atoms with E-state index in [4.69, 9.17) is 16.3 Å². The Morgan fingerprint density at radius 1 is 1.24 bits per heavy atom. The van der Waals surface area contributed by atoms with Gasteiger partial charge in [-0.25, -0.2) is 4.39 Å². The van der Waals surface area contributed by atoms with Gasteiger partial charge in [-0.3, -0.25) is 14.9 Å². The Morgan fingerprint density at radius 2 is 1.88 bits per heavy atom. The van der Waals surface area contributed by atoms with Crippen molar-refractivity contribution in [2.75, 3.05) is 0 Å². The van der Waals surface area contributed by atoms with Gasteiger partial charge in [0.1, 0.15) is 11.6 Å². The molecule has 0 aromatic heterocycles. The maximum absolute atomic E-state index is 12.9. The molecule has 1 amide bonds. The highest BCUT2D eigenvalue weighted by Crippen LogP contribution is 2.29. The van der Waals surface area contributed by atoms with E-state index in [1.165, 1.54) is 31.2 Å². The molecule has 2 aromatic rings. The highest BCUT2D eigenvalue weighted by atomic mass is 35.5. The number of amides is 1. The minimum Gasteiger partial charge on any atom is -0.479 e. The largest absolute Gasteiger partial charge is 0.479 e. The average molecular weight is 367 g/mol. The molecule has 8 heteroatoms. The second kappa shape index (κ2) is 7.94. The second-order valence-corrected chi connectivity index (χ2v) is 5.82. The average Bonchev–Trinajstić information content (AvgIpc) is 2.56. The van der Waals surface area contributed by atoms with E-state index >= 15 is 0 Å². The lowest BCUT2D eigenvalue weighted by molar-refractivity contribution is -0.384. The molecule has 0 aliphatic heterocycles. The molecule has 0 fully saturated rings. The Bertz CT molecular complexity index is 783. The topological polar surface area (TPSA) is 81.5 Å². The predicted octanol–water partition coefficient (Wildman–Crippen LogP) is 4.03. The Balaban J connectivity index is 2.00. The van der Waals surface area contributed by atoms with E-state index in [0.29, 0.717) is 0 Å². The summed E-state index contributed by atoms with van der Waals surface area (Å²) in [6, 6.07) is 9.19. The molecule has 0 aliphatic rings. The van der Waals surface area contributed by atoms with Crippen LogP contribution in [0.4, 0.5) is 10.1 Å². The third kappa shape index (κ3) is 4.90. The first-order valence-corrected chi connectivity index (χ1v) is 7.82. The first-order valence-electron chi connectivity index (χ1n) is 7.44. The van der Waals surface area contributed by atoms with Crippen molar-refractivity contribution in [1.29, 1.82) is 0 Å². The van der Waals surface area contributed by atoms with Gasteiger partial charge in [-0.1, -0.05) is 23.7 Å².